The molecule has 0 atom stereocenters. The Kier molecular flexibility index (Phi) is 7.56. The molecule has 2 aromatic rings. The van der Waals surface area contributed by atoms with Gasteiger partial charge in [0.05, 0.1) is 6.54 Å². The maximum Gasteiger partial charge on any atom is 0.387 e. The number of halogens is 2. The maximum atomic E-state index is 12.4. The van der Waals surface area contributed by atoms with Gasteiger partial charge in [0, 0.05) is 50.7 Å². The summed E-state index contributed by atoms with van der Waals surface area (Å²) >= 11 is 1.45. The van der Waals surface area contributed by atoms with Crippen LogP contribution in [0, 0.1) is 0 Å². The monoisotopic (exact) mass is 424 g/mol. The van der Waals surface area contributed by atoms with Gasteiger partial charge in [0.15, 0.2) is 5.96 Å². The quantitative estimate of drug-likeness (QED) is 0.545. The summed E-state index contributed by atoms with van der Waals surface area (Å²) in [7, 11) is 0. The standard InChI is InChI=1S/C19H26F2N6OS/c1-3-16-24-19(29-25-16)27-10-8-26(9-11-27)18(22-4-2)23-13-14-6-5-7-15(12-14)28-17(20)21/h5-7,12,17H,3-4,8-11,13H2,1-2H3,(H,22,23). The van der Waals surface area contributed by atoms with Crippen LogP contribution in [-0.4, -0.2) is 59.6 Å². The molecule has 1 saturated heterocycles. The van der Waals surface area contributed by atoms with Gasteiger partial charge < -0.3 is 19.9 Å². The lowest BCUT2D eigenvalue weighted by Gasteiger charge is -2.36. The van der Waals surface area contributed by atoms with E-state index < -0.39 is 6.61 Å². The zero-order valence-corrected chi connectivity index (χ0v) is 17.5. The molecule has 0 saturated carbocycles. The van der Waals surface area contributed by atoms with Crippen molar-refractivity contribution < 1.29 is 13.5 Å². The average molecular weight is 425 g/mol. The fraction of sp³-hybridized carbons (Fsp3) is 0.526. The first-order valence-electron chi connectivity index (χ1n) is 9.73. The molecule has 0 radical (unpaired) electrons. The van der Waals surface area contributed by atoms with Crippen molar-refractivity contribution in [2.24, 2.45) is 4.99 Å². The Labute approximate surface area is 173 Å². The molecule has 1 aromatic carbocycles. The summed E-state index contributed by atoms with van der Waals surface area (Å²) < 4.78 is 33.6. The van der Waals surface area contributed by atoms with E-state index in [2.05, 4.69) is 41.1 Å². The summed E-state index contributed by atoms with van der Waals surface area (Å²) in [5, 5.41) is 4.29. The zero-order valence-electron chi connectivity index (χ0n) is 16.6. The van der Waals surface area contributed by atoms with E-state index in [0.717, 1.165) is 61.6 Å². The second-order valence-electron chi connectivity index (χ2n) is 6.52. The third-order valence-corrected chi connectivity index (χ3v) is 5.31. The van der Waals surface area contributed by atoms with Crippen LogP contribution < -0.4 is 15.0 Å². The molecule has 10 heteroatoms. The topological polar surface area (TPSA) is 65.9 Å². The van der Waals surface area contributed by atoms with Gasteiger partial charge in [-0.15, -0.1) is 0 Å². The molecular weight excluding hydrogens is 398 g/mol. The van der Waals surface area contributed by atoms with Crippen LogP contribution in [0.1, 0.15) is 25.2 Å². The number of aliphatic imine (C=N–C) groups is 1. The first-order valence-corrected chi connectivity index (χ1v) is 10.5. The van der Waals surface area contributed by atoms with E-state index >= 15 is 0 Å². The maximum absolute atomic E-state index is 12.4. The first-order chi connectivity index (χ1) is 14.1. The highest BCUT2D eigenvalue weighted by molar-refractivity contribution is 7.09. The van der Waals surface area contributed by atoms with Crippen molar-refractivity contribution in [3.63, 3.8) is 0 Å². The van der Waals surface area contributed by atoms with E-state index in [1.165, 1.54) is 17.6 Å². The molecule has 3 rings (SSSR count). The van der Waals surface area contributed by atoms with Crippen LogP contribution in [0.15, 0.2) is 29.3 Å². The normalized spacial score (nSPS) is 15.1. The molecule has 0 unspecified atom stereocenters. The van der Waals surface area contributed by atoms with Gasteiger partial charge in [-0.05, 0) is 24.6 Å². The van der Waals surface area contributed by atoms with Crippen molar-refractivity contribution in [1.82, 2.24) is 19.6 Å². The van der Waals surface area contributed by atoms with E-state index in [9.17, 15) is 8.78 Å². The van der Waals surface area contributed by atoms with Crippen LogP contribution in [0.5, 0.6) is 5.75 Å². The number of aryl methyl sites for hydroxylation is 1. The summed E-state index contributed by atoms with van der Waals surface area (Å²) in [6.07, 6.45) is 0.844. The molecule has 7 nitrogen and oxygen atoms in total. The lowest BCUT2D eigenvalue weighted by atomic mass is 10.2. The van der Waals surface area contributed by atoms with Crippen LogP contribution >= 0.6 is 11.5 Å². The van der Waals surface area contributed by atoms with Gasteiger partial charge in [0.1, 0.15) is 11.6 Å². The fourth-order valence-corrected chi connectivity index (χ4v) is 3.84. The Morgan fingerprint density at radius 2 is 2.07 bits per heavy atom. The minimum atomic E-state index is -2.83. The van der Waals surface area contributed by atoms with E-state index in [4.69, 9.17) is 0 Å². The first kappa shape index (κ1) is 21.2. The minimum absolute atomic E-state index is 0.148. The van der Waals surface area contributed by atoms with Crippen molar-refractivity contribution in [3.05, 3.63) is 35.7 Å². The smallest absolute Gasteiger partial charge is 0.387 e. The van der Waals surface area contributed by atoms with Crippen molar-refractivity contribution in [1.29, 1.82) is 0 Å². The van der Waals surface area contributed by atoms with Gasteiger partial charge in [-0.2, -0.15) is 13.2 Å². The number of benzene rings is 1. The number of anilines is 1. The fourth-order valence-electron chi connectivity index (χ4n) is 3.04. The molecule has 0 bridgehead atoms. The van der Waals surface area contributed by atoms with Gasteiger partial charge in [0.2, 0.25) is 5.13 Å². The largest absolute Gasteiger partial charge is 0.435 e. The Bertz CT molecular complexity index is 808. The molecule has 1 aliphatic rings. The predicted octanol–water partition coefficient (Wildman–Crippen LogP) is 2.99. The van der Waals surface area contributed by atoms with Crippen molar-refractivity contribution in [2.75, 3.05) is 37.6 Å². The summed E-state index contributed by atoms with van der Waals surface area (Å²) in [5.41, 5.74) is 0.818. The van der Waals surface area contributed by atoms with Crippen molar-refractivity contribution in [2.45, 2.75) is 33.4 Å². The highest BCUT2D eigenvalue weighted by atomic mass is 32.1. The Balaban J connectivity index is 1.61. The number of piperazine rings is 1. The highest BCUT2D eigenvalue weighted by Gasteiger charge is 2.22. The number of nitrogens with zero attached hydrogens (tertiary/aromatic N) is 5. The van der Waals surface area contributed by atoms with E-state index in [1.54, 1.807) is 12.1 Å². The molecule has 1 aliphatic heterocycles. The molecule has 29 heavy (non-hydrogen) atoms. The van der Waals surface area contributed by atoms with Crippen molar-refractivity contribution in [3.8, 4) is 5.75 Å². The zero-order chi connectivity index (χ0) is 20.6. The highest BCUT2D eigenvalue weighted by Crippen LogP contribution is 2.20. The summed E-state index contributed by atoms with van der Waals surface area (Å²) in [5.74, 6) is 1.86. The third kappa shape index (κ3) is 5.99. The Morgan fingerprint density at radius 3 is 2.72 bits per heavy atom. The molecule has 2 heterocycles. The Morgan fingerprint density at radius 1 is 1.28 bits per heavy atom. The van der Waals surface area contributed by atoms with E-state index in [0.29, 0.717) is 6.54 Å². The van der Waals surface area contributed by atoms with Crippen LogP contribution in [0.2, 0.25) is 0 Å². The van der Waals surface area contributed by atoms with Gasteiger partial charge in [-0.25, -0.2) is 9.98 Å². The molecule has 0 amide bonds. The van der Waals surface area contributed by atoms with Gasteiger partial charge in [-0.3, -0.25) is 0 Å². The van der Waals surface area contributed by atoms with Gasteiger partial charge >= 0.3 is 6.61 Å². The number of aromatic nitrogens is 2. The second kappa shape index (κ2) is 10.3. The lowest BCUT2D eigenvalue weighted by Crippen LogP contribution is -2.52. The molecule has 0 spiro atoms. The molecule has 1 aromatic heterocycles. The van der Waals surface area contributed by atoms with Crippen molar-refractivity contribution >= 4 is 22.6 Å². The van der Waals surface area contributed by atoms with Gasteiger partial charge in [-0.1, -0.05) is 19.1 Å². The number of guanidine groups is 1. The molecular formula is C19H26F2N6OS. The minimum Gasteiger partial charge on any atom is -0.435 e. The van der Waals surface area contributed by atoms with E-state index in [-0.39, 0.29) is 5.75 Å². The van der Waals surface area contributed by atoms with Crippen LogP contribution in [0.3, 0.4) is 0 Å². The molecule has 158 valence electrons. The molecule has 1 fully saturated rings. The summed E-state index contributed by atoms with van der Waals surface area (Å²) in [6.45, 7) is 5.73. The number of hydrogen-bond donors (Lipinski definition) is 1. The van der Waals surface area contributed by atoms with Crippen LogP contribution in [0.4, 0.5) is 13.9 Å². The average Bonchev–Trinajstić information content (AvgIpc) is 3.20. The van der Waals surface area contributed by atoms with Gasteiger partial charge in [0.25, 0.3) is 0 Å². The number of ether oxygens (including phenoxy) is 1. The van der Waals surface area contributed by atoms with E-state index in [1.807, 2.05) is 13.0 Å². The lowest BCUT2D eigenvalue weighted by molar-refractivity contribution is -0.0498. The third-order valence-electron chi connectivity index (χ3n) is 4.49. The molecule has 1 N–H and O–H groups in total. The SMILES string of the molecule is CCNC(=NCc1cccc(OC(F)F)c1)N1CCN(c2nc(CC)ns2)CC1. The second-order valence-corrected chi connectivity index (χ2v) is 7.25. The number of nitrogens with one attached hydrogen (secondary N) is 1. The molecule has 0 aliphatic carbocycles. The summed E-state index contributed by atoms with van der Waals surface area (Å²) in [4.78, 5) is 13.7. The summed E-state index contributed by atoms with van der Waals surface area (Å²) in [6, 6.07) is 6.66. The Hall–Kier alpha value is -2.49. The van der Waals surface area contributed by atoms with Crippen LogP contribution in [-0.2, 0) is 13.0 Å². The number of hydrogen-bond acceptors (Lipinski definition) is 6. The predicted molar refractivity (Wildman–Crippen MR) is 111 cm³/mol. The van der Waals surface area contributed by atoms with Crippen LogP contribution in [0.25, 0.3) is 0 Å². The number of alkyl halides is 2. The number of rotatable bonds is 7.